The zero-order valence-electron chi connectivity index (χ0n) is 11.6. The van der Waals surface area contributed by atoms with E-state index >= 15 is 0 Å². The number of likely N-dealkylation sites (tertiary alicyclic amines) is 1. The summed E-state index contributed by atoms with van der Waals surface area (Å²) in [7, 11) is 0. The predicted octanol–water partition coefficient (Wildman–Crippen LogP) is 2.04. The summed E-state index contributed by atoms with van der Waals surface area (Å²) in [6.45, 7) is 7.38. The number of β-amino-alcohol motifs (C(OH)–C–C–N with tert-alkyl or cyclic N) is 1. The van der Waals surface area contributed by atoms with Crippen molar-refractivity contribution in [1.82, 2.24) is 9.88 Å². The number of rotatable bonds is 1. The first-order chi connectivity index (χ1) is 8.83. The van der Waals surface area contributed by atoms with Gasteiger partial charge in [-0.1, -0.05) is 20.8 Å². The molecule has 1 N–H and O–H groups in total. The van der Waals surface area contributed by atoms with Crippen LogP contribution in [0.2, 0.25) is 0 Å². The fraction of sp³-hybridized carbons (Fsp3) is 0.714. The average Bonchev–Trinajstić information content (AvgIpc) is 2.81. The Labute approximate surface area is 117 Å². The zero-order valence-corrected chi connectivity index (χ0v) is 12.5. The van der Waals surface area contributed by atoms with Crippen molar-refractivity contribution in [3.05, 3.63) is 16.1 Å². The number of hydrogen-bond acceptors (Lipinski definition) is 4. The Balaban J connectivity index is 1.84. The maximum atomic E-state index is 12.6. The number of hydrogen-bond donors (Lipinski definition) is 1. The van der Waals surface area contributed by atoms with Crippen molar-refractivity contribution < 1.29 is 9.90 Å². The van der Waals surface area contributed by atoms with Gasteiger partial charge in [0.1, 0.15) is 4.88 Å². The van der Waals surface area contributed by atoms with Gasteiger partial charge in [-0.05, 0) is 12.8 Å². The summed E-state index contributed by atoms with van der Waals surface area (Å²) < 4.78 is 0. The second-order valence-electron chi connectivity index (χ2n) is 6.84. The molecule has 1 aliphatic heterocycles. The first-order valence-corrected chi connectivity index (χ1v) is 7.63. The lowest BCUT2D eigenvalue weighted by atomic mass is 9.91. The molecular formula is C14H20N2O2S. The van der Waals surface area contributed by atoms with Crippen molar-refractivity contribution in [3.63, 3.8) is 0 Å². The second-order valence-corrected chi connectivity index (χ2v) is 7.70. The van der Waals surface area contributed by atoms with Crippen molar-refractivity contribution in [2.45, 2.75) is 45.1 Å². The first-order valence-electron chi connectivity index (χ1n) is 6.75. The summed E-state index contributed by atoms with van der Waals surface area (Å²) in [6, 6.07) is 0. The number of nitrogens with zero attached hydrogens (tertiary/aromatic N) is 2. The third-order valence-corrected chi connectivity index (χ3v) is 5.07. The normalized spacial score (nSPS) is 25.1. The molecule has 0 aromatic carbocycles. The van der Waals surface area contributed by atoms with Crippen LogP contribution in [-0.4, -0.2) is 40.1 Å². The molecule has 1 unspecified atom stereocenters. The molecule has 3 rings (SSSR count). The third kappa shape index (κ3) is 2.09. The van der Waals surface area contributed by atoms with E-state index in [0.717, 1.165) is 23.4 Å². The smallest absolute Gasteiger partial charge is 0.265 e. The van der Waals surface area contributed by atoms with Crippen LogP contribution >= 0.6 is 11.3 Å². The minimum atomic E-state index is -0.345. The van der Waals surface area contributed by atoms with Crippen molar-refractivity contribution in [1.29, 1.82) is 0 Å². The lowest BCUT2D eigenvalue weighted by Gasteiger charge is -2.20. The minimum Gasteiger partial charge on any atom is -0.391 e. The fourth-order valence-corrected chi connectivity index (χ4v) is 3.80. The van der Waals surface area contributed by atoms with E-state index < -0.39 is 0 Å². The zero-order chi connectivity index (χ0) is 13.8. The van der Waals surface area contributed by atoms with Crippen LogP contribution in [0.3, 0.4) is 0 Å². The van der Waals surface area contributed by atoms with Gasteiger partial charge in [0.25, 0.3) is 5.91 Å². The molecule has 5 heteroatoms. The number of aliphatic hydroxyl groups is 1. The van der Waals surface area contributed by atoms with E-state index in [2.05, 4.69) is 25.8 Å². The molecule has 4 nitrogen and oxygen atoms in total. The molecule has 2 fully saturated rings. The first kappa shape index (κ1) is 13.1. The van der Waals surface area contributed by atoms with Crippen LogP contribution < -0.4 is 0 Å². The summed E-state index contributed by atoms with van der Waals surface area (Å²) in [5.74, 6) is 0.0373. The Bertz CT molecular complexity index is 514. The summed E-state index contributed by atoms with van der Waals surface area (Å²) in [4.78, 5) is 19.5. The van der Waals surface area contributed by atoms with Gasteiger partial charge in [-0.15, -0.1) is 11.3 Å². The number of aromatic nitrogens is 1. The molecular weight excluding hydrogens is 260 g/mol. The molecule has 0 bridgehead atoms. The molecule has 1 atom stereocenters. The standard InChI is InChI=1S/C14H20N2O2S/c1-13(2,3)11-10(19-8-15-11)12(18)16-6-9(17)14(7-16)4-5-14/h8-9,17H,4-7H2,1-3H3. The Morgan fingerprint density at radius 2 is 2.21 bits per heavy atom. The molecule has 1 amide bonds. The molecule has 104 valence electrons. The number of aliphatic hydroxyl groups excluding tert-OH is 1. The van der Waals surface area contributed by atoms with E-state index in [1.54, 1.807) is 10.4 Å². The highest BCUT2D eigenvalue weighted by atomic mass is 32.1. The SMILES string of the molecule is CC(C)(C)c1ncsc1C(=O)N1CC(O)C2(CC2)C1. The molecule has 1 spiro atoms. The molecule has 1 aromatic rings. The number of carbonyl (C=O) groups excluding carboxylic acids is 1. The van der Waals surface area contributed by atoms with Gasteiger partial charge in [-0.25, -0.2) is 4.98 Å². The van der Waals surface area contributed by atoms with E-state index in [1.165, 1.54) is 11.3 Å². The van der Waals surface area contributed by atoms with Crippen molar-refractivity contribution in [2.24, 2.45) is 5.41 Å². The van der Waals surface area contributed by atoms with Gasteiger partial charge in [-0.2, -0.15) is 0 Å². The summed E-state index contributed by atoms with van der Waals surface area (Å²) >= 11 is 1.41. The van der Waals surface area contributed by atoms with Crippen LogP contribution in [0.15, 0.2) is 5.51 Å². The Morgan fingerprint density at radius 3 is 2.74 bits per heavy atom. The summed E-state index contributed by atoms with van der Waals surface area (Å²) in [6.07, 6.45) is 1.75. The van der Waals surface area contributed by atoms with Crippen LogP contribution in [0, 0.1) is 5.41 Å². The maximum Gasteiger partial charge on any atom is 0.265 e. The quantitative estimate of drug-likeness (QED) is 0.856. The van der Waals surface area contributed by atoms with Gasteiger partial charge >= 0.3 is 0 Å². The predicted molar refractivity (Wildman–Crippen MR) is 74.4 cm³/mol. The second kappa shape index (κ2) is 4.03. The molecule has 1 saturated heterocycles. The number of amides is 1. The monoisotopic (exact) mass is 280 g/mol. The van der Waals surface area contributed by atoms with Crippen LogP contribution in [0.1, 0.15) is 49.0 Å². The van der Waals surface area contributed by atoms with Crippen LogP contribution in [0.5, 0.6) is 0 Å². The summed E-state index contributed by atoms with van der Waals surface area (Å²) in [5, 5.41) is 10.1. The van der Waals surface area contributed by atoms with Gasteiger partial charge in [-0.3, -0.25) is 4.79 Å². The Hall–Kier alpha value is -0.940. The molecule has 1 aromatic heterocycles. The van der Waals surface area contributed by atoms with Gasteiger partial charge < -0.3 is 10.0 Å². The topological polar surface area (TPSA) is 53.4 Å². The van der Waals surface area contributed by atoms with Gasteiger partial charge in [0.05, 0.1) is 17.3 Å². The van der Waals surface area contributed by atoms with Crippen molar-refractivity contribution >= 4 is 17.2 Å². The number of carbonyl (C=O) groups is 1. The van der Waals surface area contributed by atoms with Gasteiger partial charge in [0.2, 0.25) is 0 Å². The average molecular weight is 280 g/mol. The van der Waals surface area contributed by atoms with Gasteiger partial charge in [0.15, 0.2) is 0 Å². The van der Waals surface area contributed by atoms with Crippen molar-refractivity contribution in [2.75, 3.05) is 13.1 Å². The van der Waals surface area contributed by atoms with E-state index in [-0.39, 0.29) is 22.8 Å². The third-order valence-electron chi connectivity index (χ3n) is 4.26. The van der Waals surface area contributed by atoms with Gasteiger partial charge in [0, 0.05) is 23.9 Å². The van der Waals surface area contributed by atoms with E-state index in [1.807, 2.05) is 0 Å². The fourth-order valence-electron chi connectivity index (χ4n) is 2.83. The van der Waals surface area contributed by atoms with Crippen LogP contribution in [-0.2, 0) is 5.41 Å². The van der Waals surface area contributed by atoms with E-state index in [9.17, 15) is 9.90 Å². The molecule has 0 radical (unpaired) electrons. The van der Waals surface area contributed by atoms with E-state index in [4.69, 9.17) is 0 Å². The highest BCUT2D eigenvalue weighted by molar-refractivity contribution is 7.11. The van der Waals surface area contributed by atoms with Crippen molar-refractivity contribution in [3.8, 4) is 0 Å². The molecule has 1 aliphatic carbocycles. The Morgan fingerprint density at radius 1 is 1.53 bits per heavy atom. The van der Waals surface area contributed by atoms with E-state index in [0.29, 0.717) is 13.1 Å². The highest BCUT2D eigenvalue weighted by Crippen LogP contribution is 2.53. The van der Waals surface area contributed by atoms with Crippen LogP contribution in [0.25, 0.3) is 0 Å². The lowest BCUT2D eigenvalue weighted by Crippen LogP contribution is -2.31. The molecule has 19 heavy (non-hydrogen) atoms. The molecule has 2 heterocycles. The highest BCUT2D eigenvalue weighted by Gasteiger charge is 2.55. The molecule has 1 saturated carbocycles. The lowest BCUT2D eigenvalue weighted by molar-refractivity contribution is 0.0766. The minimum absolute atomic E-state index is 0.0161. The largest absolute Gasteiger partial charge is 0.391 e. The number of thiazole rings is 1. The maximum absolute atomic E-state index is 12.6. The van der Waals surface area contributed by atoms with Crippen LogP contribution in [0.4, 0.5) is 0 Å². The molecule has 2 aliphatic rings. The summed E-state index contributed by atoms with van der Waals surface area (Å²) in [5.41, 5.74) is 2.50. The Kier molecular flexibility index (Phi) is 2.77.